The van der Waals surface area contributed by atoms with Gasteiger partial charge >= 0.3 is 12.2 Å². The molecule has 0 saturated carbocycles. The molecule has 3 aromatic rings. The standard InChI is InChI=1S/C26H21ClF3IN6O3/c1-40-23-18(12-33-24(35-23)26(28,29)30)22-34-20(14-4-8-17(31)9-5-14)21(15-2-6-16(27)7-3-15)37(22)25(39)36-11-10-32-19(38)13-36/h2-9,12,20-21H,10-11,13H2,1H3,(H,32,38)/t20-,21+/m0/s1. The first-order chi connectivity index (χ1) is 19.1. The van der Waals surface area contributed by atoms with Crippen LogP contribution in [0, 0.1) is 3.57 Å². The summed E-state index contributed by atoms with van der Waals surface area (Å²) in [7, 11) is 1.18. The molecule has 5 rings (SSSR count). The smallest absolute Gasteiger partial charge is 0.451 e. The van der Waals surface area contributed by atoms with Gasteiger partial charge in [-0.1, -0.05) is 35.9 Å². The summed E-state index contributed by atoms with van der Waals surface area (Å²) in [5.41, 5.74) is 1.43. The van der Waals surface area contributed by atoms with E-state index in [4.69, 9.17) is 21.3 Å². The van der Waals surface area contributed by atoms with Crippen LogP contribution in [-0.2, 0) is 11.0 Å². The van der Waals surface area contributed by atoms with E-state index in [-0.39, 0.29) is 36.9 Å². The third-order valence-electron chi connectivity index (χ3n) is 6.45. The van der Waals surface area contributed by atoms with Gasteiger partial charge in [-0.25, -0.2) is 9.78 Å². The fourth-order valence-corrected chi connectivity index (χ4v) is 5.11. The van der Waals surface area contributed by atoms with Gasteiger partial charge in [0.05, 0.1) is 18.7 Å². The molecule has 40 heavy (non-hydrogen) atoms. The maximum Gasteiger partial charge on any atom is 0.451 e. The van der Waals surface area contributed by atoms with Crippen molar-refractivity contribution in [3.63, 3.8) is 0 Å². The van der Waals surface area contributed by atoms with Gasteiger partial charge < -0.3 is 15.0 Å². The fourth-order valence-electron chi connectivity index (χ4n) is 4.62. The number of halogens is 5. The number of aliphatic imine (C=N–C) groups is 1. The first kappa shape index (κ1) is 28.1. The molecule has 0 radical (unpaired) electrons. The van der Waals surface area contributed by atoms with Crippen molar-refractivity contribution in [1.29, 1.82) is 0 Å². The highest BCUT2D eigenvalue weighted by atomic mass is 127. The van der Waals surface area contributed by atoms with E-state index in [1.54, 1.807) is 24.3 Å². The molecule has 2 aromatic carbocycles. The molecule has 1 saturated heterocycles. The van der Waals surface area contributed by atoms with Crippen LogP contribution < -0.4 is 10.1 Å². The van der Waals surface area contributed by atoms with E-state index in [0.717, 1.165) is 15.3 Å². The number of benzene rings is 2. The lowest BCUT2D eigenvalue weighted by Gasteiger charge is -2.35. The zero-order valence-corrected chi connectivity index (χ0v) is 23.7. The molecule has 208 valence electrons. The Morgan fingerprint density at radius 2 is 1.80 bits per heavy atom. The van der Waals surface area contributed by atoms with E-state index in [1.807, 2.05) is 24.3 Å². The van der Waals surface area contributed by atoms with Gasteiger partial charge in [0.2, 0.25) is 17.6 Å². The number of hydrogen-bond donors (Lipinski definition) is 1. The quantitative estimate of drug-likeness (QED) is 0.396. The lowest BCUT2D eigenvalue weighted by atomic mass is 9.94. The molecule has 14 heteroatoms. The van der Waals surface area contributed by atoms with E-state index >= 15 is 0 Å². The van der Waals surface area contributed by atoms with Gasteiger partial charge in [-0.05, 0) is 58.0 Å². The van der Waals surface area contributed by atoms with E-state index in [0.29, 0.717) is 10.6 Å². The summed E-state index contributed by atoms with van der Waals surface area (Å²) < 4.78 is 46.4. The maximum atomic E-state index is 14.1. The van der Waals surface area contributed by atoms with Crippen molar-refractivity contribution in [2.75, 3.05) is 26.7 Å². The first-order valence-corrected chi connectivity index (χ1v) is 13.4. The summed E-state index contributed by atoms with van der Waals surface area (Å²) in [6.07, 6.45) is -3.86. The number of ether oxygens (including phenoxy) is 1. The molecule has 2 aliphatic heterocycles. The lowest BCUT2D eigenvalue weighted by Crippen LogP contribution is -2.55. The summed E-state index contributed by atoms with van der Waals surface area (Å²) >= 11 is 8.33. The van der Waals surface area contributed by atoms with Crippen molar-refractivity contribution in [2.24, 2.45) is 4.99 Å². The summed E-state index contributed by atoms with van der Waals surface area (Å²) in [4.78, 5) is 41.0. The highest BCUT2D eigenvalue weighted by Crippen LogP contribution is 2.45. The van der Waals surface area contributed by atoms with Gasteiger partial charge in [0.15, 0.2) is 0 Å². The molecule has 3 amide bonds. The summed E-state index contributed by atoms with van der Waals surface area (Å²) in [6.45, 7) is 0.297. The molecule has 0 unspecified atom stereocenters. The largest absolute Gasteiger partial charge is 0.480 e. The molecule has 1 aromatic heterocycles. The minimum Gasteiger partial charge on any atom is -0.480 e. The van der Waals surface area contributed by atoms with E-state index in [2.05, 4.69) is 37.9 Å². The van der Waals surface area contributed by atoms with Crippen LogP contribution in [0.25, 0.3) is 0 Å². The van der Waals surface area contributed by atoms with Crippen molar-refractivity contribution in [3.05, 3.63) is 85.8 Å². The van der Waals surface area contributed by atoms with E-state index in [9.17, 15) is 22.8 Å². The normalized spacial score (nSPS) is 19.4. The number of alkyl halides is 3. The van der Waals surface area contributed by atoms with Crippen molar-refractivity contribution >= 4 is 52.0 Å². The van der Waals surface area contributed by atoms with Crippen LogP contribution in [0.3, 0.4) is 0 Å². The molecular formula is C26H21ClF3IN6O3. The number of aromatic nitrogens is 2. The third kappa shape index (κ3) is 5.57. The number of carbonyl (C=O) groups excluding carboxylic acids is 2. The topological polar surface area (TPSA) is 100 Å². The SMILES string of the molecule is COc1nc(C(F)(F)F)ncc1C1=N[C@@H](c2ccc(I)cc2)[C@@H](c2ccc(Cl)cc2)N1C(=O)N1CCNC(=O)C1. The monoisotopic (exact) mass is 684 g/mol. The predicted molar refractivity (Wildman–Crippen MR) is 148 cm³/mol. The number of amidine groups is 1. The lowest BCUT2D eigenvalue weighted by molar-refractivity contribution is -0.145. The maximum absolute atomic E-state index is 14.1. The van der Waals surface area contributed by atoms with Crippen LogP contribution in [0.5, 0.6) is 5.88 Å². The van der Waals surface area contributed by atoms with Crippen LogP contribution in [0.4, 0.5) is 18.0 Å². The Labute approximate surface area is 245 Å². The number of nitrogens with one attached hydrogen (secondary N) is 1. The molecule has 1 N–H and O–H groups in total. The van der Waals surface area contributed by atoms with Crippen LogP contribution >= 0.6 is 34.2 Å². The molecule has 9 nitrogen and oxygen atoms in total. The van der Waals surface area contributed by atoms with Gasteiger partial charge in [0.1, 0.15) is 18.4 Å². The summed E-state index contributed by atoms with van der Waals surface area (Å²) in [5.74, 6) is -2.09. The van der Waals surface area contributed by atoms with Crippen molar-refractivity contribution < 1.29 is 27.5 Å². The molecule has 0 spiro atoms. The predicted octanol–water partition coefficient (Wildman–Crippen LogP) is 4.86. The Hall–Kier alpha value is -3.46. The first-order valence-electron chi connectivity index (χ1n) is 12.0. The highest BCUT2D eigenvalue weighted by Gasteiger charge is 2.46. The number of urea groups is 1. The minimum absolute atomic E-state index is 0.00251. The van der Waals surface area contributed by atoms with Gasteiger partial charge in [0, 0.05) is 27.9 Å². The van der Waals surface area contributed by atoms with Gasteiger partial charge in [-0.15, -0.1) is 0 Å². The Balaban J connectivity index is 1.70. The van der Waals surface area contributed by atoms with Crippen LogP contribution in [0.2, 0.25) is 5.02 Å². The second-order valence-electron chi connectivity index (χ2n) is 8.98. The Morgan fingerprint density at radius 3 is 2.42 bits per heavy atom. The van der Waals surface area contributed by atoms with Crippen molar-refractivity contribution in [3.8, 4) is 5.88 Å². The average molecular weight is 685 g/mol. The number of amides is 3. The van der Waals surface area contributed by atoms with Crippen molar-refractivity contribution in [1.82, 2.24) is 25.1 Å². The zero-order valence-electron chi connectivity index (χ0n) is 20.8. The molecule has 0 aliphatic carbocycles. The van der Waals surface area contributed by atoms with Crippen LogP contribution in [-0.4, -0.2) is 64.3 Å². The molecule has 2 atom stereocenters. The number of carbonyl (C=O) groups is 2. The molecule has 3 heterocycles. The van der Waals surface area contributed by atoms with Crippen LogP contribution in [0.15, 0.2) is 59.7 Å². The van der Waals surface area contributed by atoms with E-state index < -0.39 is 36.0 Å². The molecular weight excluding hydrogens is 664 g/mol. The van der Waals surface area contributed by atoms with Gasteiger partial charge in [0.25, 0.3) is 0 Å². The number of rotatable bonds is 4. The van der Waals surface area contributed by atoms with Crippen molar-refractivity contribution in [2.45, 2.75) is 18.3 Å². The molecule has 0 bridgehead atoms. The number of hydrogen-bond acceptors (Lipinski definition) is 6. The number of piperazine rings is 1. The average Bonchev–Trinajstić information content (AvgIpc) is 3.33. The summed E-state index contributed by atoms with van der Waals surface area (Å²) in [5, 5.41) is 3.17. The minimum atomic E-state index is -4.81. The number of methoxy groups -OCH3 is 1. The Bertz CT molecular complexity index is 1470. The third-order valence-corrected chi connectivity index (χ3v) is 7.42. The Morgan fingerprint density at radius 1 is 1.12 bits per heavy atom. The van der Waals surface area contributed by atoms with Gasteiger partial charge in [-0.3, -0.25) is 14.7 Å². The summed E-state index contributed by atoms with van der Waals surface area (Å²) in [6, 6.07) is 12.5. The fraction of sp³-hybridized carbons (Fsp3) is 0.269. The zero-order chi connectivity index (χ0) is 28.6. The molecule has 1 fully saturated rings. The number of nitrogens with zero attached hydrogens (tertiary/aromatic N) is 5. The highest BCUT2D eigenvalue weighted by molar-refractivity contribution is 14.1. The second kappa shape index (κ2) is 11.2. The second-order valence-corrected chi connectivity index (χ2v) is 10.7. The van der Waals surface area contributed by atoms with E-state index in [1.165, 1.54) is 16.9 Å². The van der Waals surface area contributed by atoms with Gasteiger partial charge in [-0.2, -0.15) is 18.2 Å². The molecule has 2 aliphatic rings. The Kier molecular flexibility index (Phi) is 7.86. The van der Waals surface area contributed by atoms with Crippen LogP contribution in [0.1, 0.15) is 34.6 Å².